The number of halogens is 2. The smallest absolute Gasteiger partial charge is 0.411 e. The van der Waals surface area contributed by atoms with Crippen LogP contribution in [0.4, 0.5) is 25.0 Å². The molecule has 1 aromatic heterocycles. The molecule has 7 nitrogen and oxygen atoms in total. The molecule has 1 aliphatic rings. The Labute approximate surface area is 184 Å². The van der Waals surface area contributed by atoms with E-state index < -0.39 is 12.7 Å². The molecule has 1 amide bonds. The van der Waals surface area contributed by atoms with Crippen molar-refractivity contribution in [1.82, 2.24) is 4.57 Å². The molecule has 0 saturated heterocycles. The van der Waals surface area contributed by atoms with Crippen molar-refractivity contribution in [2.45, 2.75) is 31.9 Å². The predicted molar refractivity (Wildman–Crippen MR) is 118 cm³/mol. The molecular weight excluding hydrogens is 420 g/mol. The third-order valence-corrected chi connectivity index (χ3v) is 5.61. The standard InChI is InChI=1S/C23H25F2N3O4/c1-30-11-12-31-23(29)27-15-7-5-14(6-8-15)21-20(26)18-10-9-17(32-22(24)25)13-19(18)28(21)16-3-2-4-16/h5-10,13,16,22H,2-4,11-12,26H2,1H3,(H,27,29). The Morgan fingerprint density at radius 2 is 1.94 bits per heavy atom. The number of ether oxygens (including phenoxy) is 3. The second kappa shape index (κ2) is 9.44. The number of benzene rings is 2. The predicted octanol–water partition coefficient (Wildman–Crippen LogP) is 5.41. The first-order chi connectivity index (χ1) is 15.5. The third kappa shape index (κ3) is 4.47. The van der Waals surface area contributed by atoms with Crippen LogP contribution >= 0.6 is 0 Å². The van der Waals surface area contributed by atoms with Crippen LogP contribution in [0.5, 0.6) is 5.75 Å². The van der Waals surface area contributed by atoms with Crippen molar-refractivity contribution in [3.63, 3.8) is 0 Å². The van der Waals surface area contributed by atoms with Gasteiger partial charge in [0.25, 0.3) is 0 Å². The van der Waals surface area contributed by atoms with Gasteiger partial charge in [-0.3, -0.25) is 5.32 Å². The molecule has 0 unspecified atom stereocenters. The average Bonchev–Trinajstić information content (AvgIpc) is 2.99. The van der Waals surface area contributed by atoms with Crippen LogP contribution in [0, 0.1) is 0 Å². The van der Waals surface area contributed by atoms with E-state index in [4.69, 9.17) is 15.2 Å². The Morgan fingerprint density at radius 3 is 2.56 bits per heavy atom. The number of carbonyl (C=O) groups is 1. The van der Waals surface area contributed by atoms with E-state index in [0.717, 1.165) is 41.4 Å². The van der Waals surface area contributed by atoms with E-state index in [-0.39, 0.29) is 18.4 Å². The molecule has 0 aliphatic heterocycles. The normalized spacial score (nSPS) is 13.9. The second-order valence-corrected chi connectivity index (χ2v) is 7.61. The summed E-state index contributed by atoms with van der Waals surface area (Å²) in [6.45, 7) is -2.41. The number of hydrogen-bond donors (Lipinski definition) is 2. The minimum atomic E-state index is -2.89. The lowest BCUT2D eigenvalue weighted by molar-refractivity contribution is -0.0497. The number of alkyl halides is 2. The molecule has 3 N–H and O–H groups in total. The first-order valence-corrected chi connectivity index (χ1v) is 10.4. The van der Waals surface area contributed by atoms with Gasteiger partial charge in [-0.2, -0.15) is 8.78 Å². The van der Waals surface area contributed by atoms with Crippen LogP contribution in [0.2, 0.25) is 0 Å². The van der Waals surface area contributed by atoms with E-state index in [1.54, 1.807) is 24.3 Å². The summed E-state index contributed by atoms with van der Waals surface area (Å²) >= 11 is 0. The zero-order valence-electron chi connectivity index (χ0n) is 17.6. The second-order valence-electron chi connectivity index (χ2n) is 7.61. The molecule has 9 heteroatoms. The first-order valence-electron chi connectivity index (χ1n) is 10.4. The van der Waals surface area contributed by atoms with Crippen molar-refractivity contribution in [2.75, 3.05) is 31.4 Å². The van der Waals surface area contributed by atoms with Crippen LogP contribution in [0.1, 0.15) is 25.3 Å². The zero-order chi connectivity index (χ0) is 22.7. The molecule has 0 spiro atoms. The molecule has 1 aliphatic carbocycles. The number of nitrogens with two attached hydrogens (primary N) is 1. The summed E-state index contributed by atoms with van der Waals surface area (Å²) in [5, 5.41) is 3.45. The molecule has 2 aromatic carbocycles. The van der Waals surface area contributed by atoms with Crippen LogP contribution in [0.25, 0.3) is 22.2 Å². The Morgan fingerprint density at radius 1 is 1.19 bits per heavy atom. The Kier molecular flexibility index (Phi) is 6.45. The maximum absolute atomic E-state index is 12.7. The van der Waals surface area contributed by atoms with Crippen molar-refractivity contribution in [3.05, 3.63) is 42.5 Å². The number of anilines is 2. The fraction of sp³-hybridized carbons (Fsp3) is 0.348. The third-order valence-electron chi connectivity index (χ3n) is 5.61. The van der Waals surface area contributed by atoms with E-state index in [1.807, 2.05) is 12.1 Å². The Bertz CT molecular complexity index is 1090. The number of carbonyl (C=O) groups excluding carboxylic acids is 1. The Balaban J connectivity index is 1.66. The van der Waals surface area contributed by atoms with Gasteiger partial charge in [0.05, 0.1) is 23.5 Å². The summed E-state index contributed by atoms with van der Waals surface area (Å²) in [5.41, 5.74) is 10.1. The molecule has 0 atom stereocenters. The van der Waals surface area contributed by atoms with Crippen molar-refractivity contribution in [2.24, 2.45) is 0 Å². The molecule has 3 aromatic rings. The fourth-order valence-corrected chi connectivity index (χ4v) is 3.89. The van der Waals surface area contributed by atoms with E-state index in [2.05, 4.69) is 14.6 Å². The number of rotatable bonds is 8. The van der Waals surface area contributed by atoms with Gasteiger partial charge >= 0.3 is 12.7 Å². The van der Waals surface area contributed by atoms with Gasteiger partial charge in [0.1, 0.15) is 12.4 Å². The maximum atomic E-state index is 12.7. The number of methoxy groups -OCH3 is 1. The van der Waals surface area contributed by atoms with Gasteiger partial charge in [0.15, 0.2) is 0 Å². The van der Waals surface area contributed by atoms with E-state index in [0.29, 0.717) is 18.0 Å². The highest BCUT2D eigenvalue weighted by Crippen LogP contribution is 2.45. The van der Waals surface area contributed by atoms with Gasteiger partial charge in [0.2, 0.25) is 0 Å². The molecular formula is C23H25F2N3O4. The summed E-state index contributed by atoms with van der Waals surface area (Å²) in [6, 6.07) is 12.3. The highest BCUT2D eigenvalue weighted by atomic mass is 19.3. The molecule has 1 heterocycles. The lowest BCUT2D eigenvalue weighted by Gasteiger charge is -2.30. The van der Waals surface area contributed by atoms with Crippen molar-refractivity contribution >= 4 is 28.4 Å². The van der Waals surface area contributed by atoms with E-state index in [1.165, 1.54) is 13.2 Å². The zero-order valence-corrected chi connectivity index (χ0v) is 17.6. The van der Waals surface area contributed by atoms with E-state index >= 15 is 0 Å². The van der Waals surface area contributed by atoms with Gasteiger partial charge in [-0.25, -0.2) is 4.79 Å². The highest BCUT2D eigenvalue weighted by Gasteiger charge is 2.27. The quantitative estimate of drug-likeness (QED) is 0.453. The van der Waals surface area contributed by atoms with E-state index in [9.17, 15) is 13.6 Å². The van der Waals surface area contributed by atoms with Crippen LogP contribution in [0.3, 0.4) is 0 Å². The van der Waals surface area contributed by atoms with Gasteiger partial charge in [-0.1, -0.05) is 12.1 Å². The number of amides is 1. The monoisotopic (exact) mass is 445 g/mol. The molecule has 4 rings (SSSR count). The van der Waals surface area contributed by atoms with Gasteiger partial charge in [-0.15, -0.1) is 0 Å². The summed E-state index contributed by atoms with van der Waals surface area (Å²) in [5.74, 6) is 0.101. The van der Waals surface area contributed by atoms with Crippen molar-refractivity contribution in [1.29, 1.82) is 0 Å². The van der Waals surface area contributed by atoms with Crippen LogP contribution < -0.4 is 15.8 Å². The van der Waals surface area contributed by atoms with Gasteiger partial charge in [0, 0.05) is 35.9 Å². The highest BCUT2D eigenvalue weighted by molar-refractivity contribution is 6.01. The molecule has 0 radical (unpaired) electrons. The number of nitrogens with zero attached hydrogens (tertiary/aromatic N) is 1. The Hall–Kier alpha value is -3.33. The topological polar surface area (TPSA) is 87.7 Å². The number of nitrogens with one attached hydrogen (secondary N) is 1. The minimum absolute atomic E-state index is 0.101. The number of hydrogen-bond acceptors (Lipinski definition) is 5. The van der Waals surface area contributed by atoms with Crippen molar-refractivity contribution in [3.8, 4) is 17.0 Å². The fourth-order valence-electron chi connectivity index (χ4n) is 3.89. The molecule has 1 saturated carbocycles. The molecule has 32 heavy (non-hydrogen) atoms. The lowest BCUT2D eigenvalue weighted by atomic mass is 9.92. The summed E-state index contributed by atoms with van der Waals surface area (Å²) in [7, 11) is 1.53. The SMILES string of the molecule is COCCOC(=O)Nc1ccc(-c2c(N)c3ccc(OC(F)F)cc3n2C2CCC2)cc1. The summed E-state index contributed by atoms with van der Waals surface area (Å²) < 4.78 is 42.0. The van der Waals surface area contributed by atoms with Crippen LogP contribution in [-0.4, -0.2) is 37.6 Å². The largest absolute Gasteiger partial charge is 0.447 e. The van der Waals surface area contributed by atoms with Crippen molar-refractivity contribution < 1.29 is 27.8 Å². The van der Waals surface area contributed by atoms with Gasteiger partial charge in [-0.05, 0) is 43.5 Å². The first kappa shape index (κ1) is 21.9. The number of fused-ring (bicyclic) bond motifs is 1. The molecule has 1 fully saturated rings. The van der Waals surface area contributed by atoms with Gasteiger partial charge < -0.3 is 24.5 Å². The summed E-state index contributed by atoms with van der Waals surface area (Å²) in [6.07, 6.45) is 2.52. The molecule has 170 valence electrons. The maximum Gasteiger partial charge on any atom is 0.411 e. The summed E-state index contributed by atoms with van der Waals surface area (Å²) in [4.78, 5) is 11.8. The minimum Gasteiger partial charge on any atom is -0.447 e. The number of nitrogen functional groups attached to an aromatic ring is 1. The van der Waals surface area contributed by atoms with Crippen LogP contribution in [0.15, 0.2) is 42.5 Å². The number of aromatic nitrogens is 1. The molecule has 0 bridgehead atoms. The average molecular weight is 445 g/mol. The lowest BCUT2D eigenvalue weighted by Crippen LogP contribution is -2.18. The van der Waals surface area contributed by atoms with Crippen LogP contribution in [-0.2, 0) is 9.47 Å².